The maximum atomic E-state index is 13.3. The van der Waals surface area contributed by atoms with E-state index in [1.807, 2.05) is 78.9 Å². The molecule has 0 unspecified atom stereocenters. The molecule has 0 spiro atoms. The molecule has 1 heterocycles. The summed E-state index contributed by atoms with van der Waals surface area (Å²) in [4.78, 5) is 18.3. The van der Waals surface area contributed by atoms with Crippen LogP contribution in [0.4, 0.5) is 11.5 Å². The summed E-state index contributed by atoms with van der Waals surface area (Å²) >= 11 is 7.12. The molecule has 1 aromatic heterocycles. The third kappa shape index (κ3) is 4.41. The number of benzene rings is 4. The zero-order chi connectivity index (χ0) is 23.7. The van der Waals surface area contributed by atoms with Gasteiger partial charge in [-0.25, -0.2) is 4.98 Å². The molecule has 5 rings (SSSR count). The molecular weight excluding hydrogens is 552 g/mol. The third-order valence-corrected chi connectivity index (χ3v) is 6.75. The van der Waals surface area contributed by atoms with Gasteiger partial charge in [0.25, 0.3) is 0 Å². The lowest BCUT2D eigenvalue weighted by Gasteiger charge is -2.18. The van der Waals surface area contributed by atoms with Crippen molar-refractivity contribution in [3.8, 4) is 11.1 Å². The Bertz CT molecular complexity index is 1520. The minimum absolute atomic E-state index is 0.0462. The minimum atomic E-state index is -0.0462. The van der Waals surface area contributed by atoms with Crippen molar-refractivity contribution in [3.05, 3.63) is 123 Å². The van der Waals surface area contributed by atoms with Crippen molar-refractivity contribution in [2.24, 2.45) is 0 Å². The van der Waals surface area contributed by atoms with E-state index in [9.17, 15) is 4.79 Å². The number of rotatable bonds is 5. The number of hydrogen-bond donors (Lipinski definition) is 1. The first-order chi connectivity index (χ1) is 16.5. The fraction of sp³-hybridized carbons (Fsp3) is 0.0345. The van der Waals surface area contributed by atoms with Crippen LogP contribution in [0.1, 0.15) is 21.5 Å². The Morgan fingerprint density at radius 2 is 1.44 bits per heavy atom. The van der Waals surface area contributed by atoms with Gasteiger partial charge in [0.15, 0.2) is 5.78 Å². The van der Waals surface area contributed by atoms with Gasteiger partial charge in [-0.3, -0.25) is 4.79 Å². The normalized spacial score (nSPS) is 10.9. The van der Waals surface area contributed by atoms with Gasteiger partial charge < -0.3 is 5.32 Å². The highest BCUT2D eigenvalue weighted by molar-refractivity contribution is 9.10. The second-order valence-electron chi connectivity index (χ2n) is 8.00. The highest BCUT2D eigenvalue weighted by Crippen LogP contribution is 2.37. The molecule has 0 atom stereocenters. The molecule has 0 amide bonds. The predicted octanol–water partition coefficient (Wildman–Crippen LogP) is 8.71. The number of nitrogens with one attached hydrogen (secondary N) is 1. The molecule has 3 nitrogen and oxygen atoms in total. The molecule has 5 aromatic rings. The Labute approximate surface area is 215 Å². The first-order valence-electron chi connectivity index (χ1n) is 10.8. The lowest BCUT2D eigenvalue weighted by atomic mass is 9.96. The van der Waals surface area contributed by atoms with Crippen LogP contribution in [0, 0.1) is 6.92 Å². The summed E-state index contributed by atoms with van der Waals surface area (Å²) in [5.41, 5.74) is 6.05. The number of halogens is 2. The van der Waals surface area contributed by atoms with Crippen LogP contribution in [0.3, 0.4) is 0 Å². The van der Waals surface area contributed by atoms with Crippen LogP contribution in [-0.2, 0) is 0 Å². The molecule has 0 radical (unpaired) electrons. The van der Waals surface area contributed by atoms with E-state index in [-0.39, 0.29) is 5.78 Å². The topological polar surface area (TPSA) is 42.0 Å². The molecule has 0 saturated carbocycles. The van der Waals surface area contributed by atoms with Crippen LogP contribution >= 0.6 is 31.9 Å². The summed E-state index contributed by atoms with van der Waals surface area (Å²) in [7, 11) is 0. The van der Waals surface area contributed by atoms with Crippen molar-refractivity contribution in [1.82, 2.24) is 4.98 Å². The summed E-state index contributed by atoms with van der Waals surface area (Å²) in [6.07, 6.45) is 0. The van der Waals surface area contributed by atoms with Crippen LogP contribution in [0.2, 0.25) is 0 Å². The van der Waals surface area contributed by atoms with Crippen molar-refractivity contribution >= 4 is 60.1 Å². The van der Waals surface area contributed by atoms with Crippen molar-refractivity contribution in [3.63, 3.8) is 0 Å². The number of anilines is 2. The van der Waals surface area contributed by atoms with Gasteiger partial charge in [0, 0.05) is 31.0 Å². The van der Waals surface area contributed by atoms with Gasteiger partial charge in [-0.05, 0) is 54.4 Å². The summed E-state index contributed by atoms with van der Waals surface area (Å²) in [6, 6.07) is 31.4. The number of carbonyl (C=O) groups excluding carboxylic acids is 1. The smallest absolute Gasteiger partial charge is 0.195 e. The quantitative estimate of drug-likeness (QED) is 0.214. The van der Waals surface area contributed by atoms with E-state index in [0.29, 0.717) is 16.8 Å². The largest absolute Gasteiger partial charge is 0.339 e. The summed E-state index contributed by atoms with van der Waals surface area (Å²) in [6.45, 7) is 2.07. The zero-order valence-electron chi connectivity index (χ0n) is 18.3. The molecule has 0 aliphatic rings. The molecule has 0 aliphatic carbocycles. The second kappa shape index (κ2) is 9.53. The Kier molecular flexibility index (Phi) is 6.31. The van der Waals surface area contributed by atoms with Gasteiger partial charge >= 0.3 is 0 Å². The third-order valence-electron chi connectivity index (χ3n) is 5.77. The van der Waals surface area contributed by atoms with Gasteiger partial charge in [0.1, 0.15) is 5.82 Å². The highest BCUT2D eigenvalue weighted by atomic mass is 79.9. The summed E-state index contributed by atoms with van der Waals surface area (Å²) in [5.74, 6) is 0.674. The van der Waals surface area contributed by atoms with Crippen LogP contribution in [-0.4, -0.2) is 10.8 Å². The van der Waals surface area contributed by atoms with Crippen molar-refractivity contribution in [2.45, 2.75) is 6.92 Å². The van der Waals surface area contributed by atoms with E-state index in [0.717, 1.165) is 42.4 Å². The van der Waals surface area contributed by atoms with Gasteiger partial charge in [0.2, 0.25) is 0 Å². The Morgan fingerprint density at radius 3 is 2.18 bits per heavy atom. The first kappa shape index (κ1) is 22.5. The molecule has 0 fully saturated rings. The Balaban J connectivity index is 1.67. The van der Waals surface area contributed by atoms with E-state index >= 15 is 0 Å². The fourth-order valence-corrected chi connectivity index (χ4v) is 4.84. The van der Waals surface area contributed by atoms with Crippen LogP contribution in [0.25, 0.3) is 22.0 Å². The molecule has 0 aliphatic heterocycles. The number of fused-ring (bicyclic) bond motifs is 1. The maximum absolute atomic E-state index is 13.3. The number of hydrogen-bond acceptors (Lipinski definition) is 3. The predicted molar refractivity (Wildman–Crippen MR) is 147 cm³/mol. The van der Waals surface area contributed by atoms with E-state index in [1.54, 1.807) is 0 Å². The van der Waals surface area contributed by atoms with Crippen molar-refractivity contribution in [2.75, 3.05) is 5.32 Å². The van der Waals surface area contributed by atoms with E-state index in [1.165, 1.54) is 0 Å². The van der Waals surface area contributed by atoms with Gasteiger partial charge in [0.05, 0.1) is 11.2 Å². The molecule has 1 N–H and O–H groups in total. The SMILES string of the molecule is Cc1c(Nc2ccc(Br)cc2C(=O)c2ccccc2)nc2ccc(Br)cc2c1-c1ccccc1. The lowest BCUT2D eigenvalue weighted by molar-refractivity contribution is 0.103. The molecule has 4 aromatic carbocycles. The minimum Gasteiger partial charge on any atom is -0.339 e. The van der Waals surface area contributed by atoms with Crippen LogP contribution < -0.4 is 5.32 Å². The molecule has 166 valence electrons. The van der Waals surface area contributed by atoms with E-state index in [2.05, 4.69) is 62.3 Å². The standard InChI is InChI=1S/C29H20Br2N2O/c1-18-27(19-8-4-2-5-9-19)23-16-21(30)12-14-25(23)32-29(18)33-26-15-13-22(31)17-24(26)28(34)20-10-6-3-7-11-20/h2-17H,1H3,(H,32,33). The number of carbonyl (C=O) groups is 1. The maximum Gasteiger partial charge on any atom is 0.195 e. The number of ketones is 1. The Morgan fingerprint density at radius 1 is 0.794 bits per heavy atom. The monoisotopic (exact) mass is 570 g/mol. The van der Waals surface area contributed by atoms with Crippen LogP contribution in [0.5, 0.6) is 0 Å². The first-order valence-corrected chi connectivity index (χ1v) is 12.4. The van der Waals surface area contributed by atoms with Gasteiger partial charge in [-0.1, -0.05) is 92.5 Å². The molecule has 0 bridgehead atoms. The number of pyridine rings is 1. The molecule has 34 heavy (non-hydrogen) atoms. The average molecular weight is 572 g/mol. The lowest BCUT2D eigenvalue weighted by Crippen LogP contribution is -2.07. The highest BCUT2D eigenvalue weighted by Gasteiger charge is 2.18. The summed E-state index contributed by atoms with van der Waals surface area (Å²) < 4.78 is 1.85. The number of nitrogens with zero attached hydrogens (tertiary/aromatic N) is 1. The van der Waals surface area contributed by atoms with Crippen molar-refractivity contribution in [1.29, 1.82) is 0 Å². The fourth-order valence-electron chi connectivity index (χ4n) is 4.12. The zero-order valence-corrected chi connectivity index (χ0v) is 21.5. The van der Waals surface area contributed by atoms with Gasteiger partial charge in [-0.15, -0.1) is 0 Å². The average Bonchev–Trinajstić information content (AvgIpc) is 2.86. The van der Waals surface area contributed by atoms with E-state index < -0.39 is 0 Å². The second-order valence-corrected chi connectivity index (χ2v) is 9.83. The molecule has 0 saturated heterocycles. The van der Waals surface area contributed by atoms with Gasteiger partial charge in [-0.2, -0.15) is 0 Å². The van der Waals surface area contributed by atoms with E-state index in [4.69, 9.17) is 4.98 Å². The summed E-state index contributed by atoms with van der Waals surface area (Å²) in [5, 5.41) is 4.54. The van der Waals surface area contributed by atoms with Crippen LogP contribution in [0.15, 0.2) is 106 Å². The molecular formula is C29H20Br2N2O. The van der Waals surface area contributed by atoms with Crippen molar-refractivity contribution < 1.29 is 4.79 Å². The Hall–Kier alpha value is -3.28. The number of aromatic nitrogens is 1. The molecule has 5 heteroatoms.